The Morgan fingerprint density at radius 3 is 2.33 bits per heavy atom. The van der Waals surface area contributed by atoms with Crippen molar-refractivity contribution in [1.29, 1.82) is 0 Å². The Morgan fingerprint density at radius 2 is 1.63 bits per heavy atom. The van der Waals surface area contributed by atoms with Crippen LogP contribution in [0.1, 0.15) is 29.0 Å². The third kappa shape index (κ3) is 3.70. The summed E-state index contributed by atoms with van der Waals surface area (Å²) in [5.41, 5.74) is 3.67. The van der Waals surface area contributed by atoms with Crippen LogP contribution in [0, 0.1) is 0 Å². The molecule has 1 atom stereocenters. The largest absolute Gasteiger partial charge is 0.497 e. The Bertz CT molecular complexity index is 1190. The first-order valence-corrected chi connectivity index (χ1v) is 9.73. The molecule has 2 heterocycles. The number of carbonyl (C=O) groups is 2. The topological polar surface area (TPSA) is 59.8 Å². The first-order valence-electron chi connectivity index (χ1n) is 9.73. The van der Waals surface area contributed by atoms with Gasteiger partial charge in [-0.2, -0.15) is 0 Å². The number of benzene rings is 2. The second-order valence-corrected chi connectivity index (χ2v) is 7.07. The molecule has 150 valence electrons. The number of hydrogen-bond donors (Lipinski definition) is 1. The van der Waals surface area contributed by atoms with E-state index in [0.717, 1.165) is 22.4 Å². The van der Waals surface area contributed by atoms with Crippen molar-refractivity contribution >= 4 is 17.2 Å². The van der Waals surface area contributed by atoms with Crippen LogP contribution in [0.15, 0.2) is 85.1 Å². The summed E-state index contributed by atoms with van der Waals surface area (Å²) in [6.07, 6.45) is 1.80. The molecule has 2 aromatic heterocycles. The fourth-order valence-electron chi connectivity index (χ4n) is 3.54. The van der Waals surface area contributed by atoms with Crippen molar-refractivity contribution in [3.8, 4) is 16.9 Å². The summed E-state index contributed by atoms with van der Waals surface area (Å²) in [5.74, 6) is -0.482. The number of carbonyl (C=O) groups excluding carboxylic acids is 2. The highest BCUT2D eigenvalue weighted by molar-refractivity contribution is 6.43. The van der Waals surface area contributed by atoms with E-state index >= 15 is 0 Å². The minimum absolute atomic E-state index is 0.279. The maximum Gasteiger partial charge on any atom is 0.294 e. The molecule has 5 heteroatoms. The third-order valence-corrected chi connectivity index (χ3v) is 5.15. The highest BCUT2D eigenvalue weighted by atomic mass is 16.5. The molecule has 5 nitrogen and oxygen atoms in total. The van der Waals surface area contributed by atoms with Crippen molar-refractivity contribution in [2.75, 3.05) is 7.11 Å². The number of amides is 1. The molecule has 0 bridgehead atoms. The van der Waals surface area contributed by atoms with Crippen LogP contribution in [0.4, 0.5) is 0 Å². The number of fused-ring (bicyclic) bond motifs is 1. The van der Waals surface area contributed by atoms with Crippen molar-refractivity contribution < 1.29 is 14.3 Å². The van der Waals surface area contributed by atoms with E-state index in [1.165, 1.54) is 0 Å². The number of nitrogens with zero attached hydrogens (tertiary/aromatic N) is 1. The van der Waals surface area contributed by atoms with E-state index in [-0.39, 0.29) is 6.04 Å². The van der Waals surface area contributed by atoms with Gasteiger partial charge in [0.05, 0.1) is 13.2 Å². The van der Waals surface area contributed by atoms with Gasteiger partial charge >= 0.3 is 0 Å². The molecule has 1 amide bonds. The van der Waals surface area contributed by atoms with Crippen LogP contribution in [-0.2, 0) is 4.79 Å². The van der Waals surface area contributed by atoms with Gasteiger partial charge in [-0.25, -0.2) is 0 Å². The van der Waals surface area contributed by atoms with Gasteiger partial charge < -0.3 is 14.5 Å². The second-order valence-electron chi connectivity index (χ2n) is 7.07. The van der Waals surface area contributed by atoms with Gasteiger partial charge in [0.1, 0.15) is 11.4 Å². The molecule has 0 saturated heterocycles. The van der Waals surface area contributed by atoms with Crippen LogP contribution in [-0.4, -0.2) is 23.2 Å². The second kappa shape index (κ2) is 8.25. The minimum atomic E-state index is -0.634. The van der Waals surface area contributed by atoms with Crippen LogP contribution >= 0.6 is 0 Å². The summed E-state index contributed by atoms with van der Waals surface area (Å²) in [6, 6.07) is 24.3. The fourth-order valence-corrected chi connectivity index (χ4v) is 3.54. The van der Waals surface area contributed by atoms with E-state index in [2.05, 4.69) is 5.32 Å². The summed E-state index contributed by atoms with van der Waals surface area (Å²) in [4.78, 5) is 26.1. The Labute approximate surface area is 174 Å². The Kier molecular flexibility index (Phi) is 5.35. The smallest absolute Gasteiger partial charge is 0.294 e. The molecule has 0 aliphatic carbocycles. The molecule has 4 rings (SSSR count). The number of pyridine rings is 1. The SMILES string of the molecule is COc1ccc(-c2cc3ccccn3c2C(=O)C(=O)N[C@H](C)c2ccccc2)cc1. The zero-order valence-electron chi connectivity index (χ0n) is 16.8. The predicted octanol–water partition coefficient (Wildman–Crippen LogP) is 4.68. The maximum absolute atomic E-state index is 13.2. The van der Waals surface area contributed by atoms with Crippen LogP contribution in [0.2, 0.25) is 0 Å². The van der Waals surface area contributed by atoms with Gasteiger partial charge in [-0.3, -0.25) is 9.59 Å². The lowest BCUT2D eigenvalue weighted by Crippen LogP contribution is -2.34. The quantitative estimate of drug-likeness (QED) is 0.379. The van der Waals surface area contributed by atoms with Crippen LogP contribution in [0.25, 0.3) is 16.6 Å². The number of rotatable bonds is 6. The maximum atomic E-state index is 13.2. The molecule has 0 aliphatic rings. The van der Waals surface area contributed by atoms with E-state index in [1.807, 2.05) is 85.8 Å². The molecule has 0 saturated carbocycles. The molecular formula is C25H22N2O3. The van der Waals surface area contributed by atoms with Gasteiger partial charge in [-0.1, -0.05) is 48.5 Å². The lowest BCUT2D eigenvalue weighted by Gasteiger charge is -2.14. The third-order valence-electron chi connectivity index (χ3n) is 5.15. The summed E-state index contributed by atoms with van der Waals surface area (Å²) < 4.78 is 6.99. The van der Waals surface area contributed by atoms with E-state index < -0.39 is 11.7 Å². The summed E-state index contributed by atoms with van der Waals surface area (Å²) >= 11 is 0. The average Bonchev–Trinajstić information content (AvgIpc) is 3.18. The van der Waals surface area contributed by atoms with Crippen LogP contribution in [0.5, 0.6) is 5.75 Å². The number of hydrogen-bond acceptors (Lipinski definition) is 3. The lowest BCUT2D eigenvalue weighted by molar-refractivity contribution is -0.117. The number of ether oxygens (including phenoxy) is 1. The zero-order chi connectivity index (χ0) is 21.1. The lowest BCUT2D eigenvalue weighted by atomic mass is 10.0. The normalized spacial score (nSPS) is 11.8. The van der Waals surface area contributed by atoms with Gasteiger partial charge in [-0.15, -0.1) is 0 Å². The van der Waals surface area contributed by atoms with Gasteiger partial charge in [0.15, 0.2) is 0 Å². The molecule has 0 unspecified atom stereocenters. The Morgan fingerprint density at radius 1 is 0.933 bits per heavy atom. The highest BCUT2D eigenvalue weighted by Gasteiger charge is 2.25. The van der Waals surface area contributed by atoms with Crippen molar-refractivity contribution in [3.63, 3.8) is 0 Å². The fraction of sp³-hybridized carbons (Fsp3) is 0.120. The molecule has 0 spiro atoms. The molecule has 0 radical (unpaired) electrons. The van der Waals surface area contributed by atoms with E-state index in [1.54, 1.807) is 17.7 Å². The van der Waals surface area contributed by atoms with E-state index in [9.17, 15) is 9.59 Å². The zero-order valence-corrected chi connectivity index (χ0v) is 16.8. The molecule has 4 aromatic rings. The molecule has 30 heavy (non-hydrogen) atoms. The number of Topliss-reactive ketones (excluding diaryl/α,β-unsaturated/α-hetero) is 1. The summed E-state index contributed by atoms with van der Waals surface area (Å²) in [7, 11) is 1.61. The minimum Gasteiger partial charge on any atom is -0.497 e. The van der Waals surface area contributed by atoms with Gasteiger partial charge in [0.25, 0.3) is 11.7 Å². The predicted molar refractivity (Wildman–Crippen MR) is 117 cm³/mol. The van der Waals surface area contributed by atoms with E-state index in [0.29, 0.717) is 11.3 Å². The first-order chi connectivity index (χ1) is 14.6. The van der Waals surface area contributed by atoms with Crippen molar-refractivity contribution in [3.05, 3.63) is 96.3 Å². The van der Waals surface area contributed by atoms with Gasteiger partial charge in [0.2, 0.25) is 0 Å². The number of ketones is 1. The Hall–Kier alpha value is -3.86. The van der Waals surface area contributed by atoms with Gasteiger partial charge in [-0.05, 0) is 48.4 Å². The van der Waals surface area contributed by atoms with Gasteiger partial charge in [0, 0.05) is 17.3 Å². The first kappa shape index (κ1) is 19.5. The average molecular weight is 398 g/mol. The number of methoxy groups -OCH3 is 1. The Balaban J connectivity index is 1.71. The van der Waals surface area contributed by atoms with E-state index in [4.69, 9.17) is 4.74 Å². The molecule has 0 aliphatic heterocycles. The molecule has 0 fully saturated rings. The van der Waals surface area contributed by atoms with Crippen molar-refractivity contribution in [2.45, 2.75) is 13.0 Å². The summed E-state index contributed by atoms with van der Waals surface area (Å²) in [5, 5.41) is 2.82. The number of nitrogens with one attached hydrogen (secondary N) is 1. The highest BCUT2D eigenvalue weighted by Crippen LogP contribution is 2.30. The molecule has 1 N–H and O–H groups in total. The van der Waals surface area contributed by atoms with Crippen molar-refractivity contribution in [1.82, 2.24) is 9.72 Å². The summed E-state index contributed by atoms with van der Waals surface area (Å²) in [6.45, 7) is 1.86. The molecule has 2 aromatic carbocycles. The molecular weight excluding hydrogens is 376 g/mol. The van der Waals surface area contributed by atoms with Crippen LogP contribution < -0.4 is 10.1 Å². The monoisotopic (exact) mass is 398 g/mol. The number of aromatic nitrogens is 1. The van der Waals surface area contributed by atoms with Crippen LogP contribution in [0.3, 0.4) is 0 Å². The standard InChI is InChI=1S/C25H22N2O3/c1-17(18-8-4-3-5-9-18)26-25(29)24(28)23-22(16-20-10-6-7-15-27(20)23)19-11-13-21(30-2)14-12-19/h3-17H,1-2H3,(H,26,29)/t17-/m1/s1. The van der Waals surface area contributed by atoms with Crippen molar-refractivity contribution in [2.24, 2.45) is 0 Å².